The molecule has 4 rings (SSSR count). The summed E-state index contributed by atoms with van der Waals surface area (Å²) in [5, 5.41) is 5.63. The molecule has 1 aromatic heterocycles. The number of nitrogens with one attached hydrogen (secondary N) is 2. The van der Waals surface area contributed by atoms with Crippen molar-refractivity contribution in [3.63, 3.8) is 0 Å². The number of oxazole rings is 1. The third kappa shape index (κ3) is 5.92. The fourth-order valence-electron chi connectivity index (χ4n) is 3.17. The van der Waals surface area contributed by atoms with Crippen molar-refractivity contribution in [1.29, 1.82) is 0 Å². The van der Waals surface area contributed by atoms with E-state index in [4.69, 9.17) is 13.9 Å². The predicted molar refractivity (Wildman–Crippen MR) is 127 cm³/mol. The molecule has 0 aliphatic heterocycles. The molecule has 168 valence electrons. The first-order valence-corrected chi connectivity index (χ1v) is 10.6. The van der Waals surface area contributed by atoms with E-state index >= 15 is 0 Å². The summed E-state index contributed by atoms with van der Waals surface area (Å²) in [4.78, 5) is 16.7. The number of para-hydroxylation sites is 2. The van der Waals surface area contributed by atoms with Crippen molar-refractivity contribution in [1.82, 2.24) is 10.3 Å². The maximum absolute atomic E-state index is 12.2. The predicted octanol–water partition coefficient (Wildman–Crippen LogP) is 5.82. The van der Waals surface area contributed by atoms with Gasteiger partial charge >= 0.3 is 6.03 Å². The lowest BCUT2D eigenvalue weighted by atomic mass is 10.1. The zero-order valence-corrected chi connectivity index (χ0v) is 18.5. The van der Waals surface area contributed by atoms with Crippen LogP contribution in [0.5, 0.6) is 17.2 Å². The maximum atomic E-state index is 12.2. The van der Waals surface area contributed by atoms with Crippen LogP contribution in [0.25, 0.3) is 11.5 Å². The van der Waals surface area contributed by atoms with Crippen LogP contribution in [0.15, 0.2) is 83.5 Å². The van der Waals surface area contributed by atoms with Gasteiger partial charge < -0.3 is 24.5 Å². The number of nitrogens with zero attached hydrogens (tertiary/aromatic N) is 1. The number of anilines is 1. The van der Waals surface area contributed by atoms with Crippen molar-refractivity contribution in [2.45, 2.75) is 13.3 Å². The number of amides is 2. The highest BCUT2D eigenvalue weighted by Crippen LogP contribution is 2.31. The van der Waals surface area contributed by atoms with Crippen molar-refractivity contribution in [3.8, 4) is 28.7 Å². The molecular formula is C26H25N3O4. The molecule has 0 radical (unpaired) electrons. The largest absolute Gasteiger partial charge is 0.493 e. The molecule has 0 aliphatic rings. The summed E-state index contributed by atoms with van der Waals surface area (Å²) in [6.07, 6.45) is 2.18. The molecule has 0 saturated carbocycles. The highest BCUT2D eigenvalue weighted by Gasteiger charge is 2.08. The molecule has 33 heavy (non-hydrogen) atoms. The van der Waals surface area contributed by atoms with Gasteiger partial charge in [0.25, 0.3) is 0 Å². The lowest BCUT2D eigenvalue weighted by Gasteiger charge is -2.11. The van der Waals surface area contributed by atoms with Gasteiger partial charge in [0.15, 0.2) is 11.5 Å². The molecule has 7 heteroatoms. The number of aromatic nitrogens is 1. The van der Waals surface area contributed by atoms with Crippen LogP contribution in [0, 0.1) is 6.92 Å². The summed E-state index contributed by atoms with van der Waals surface area (Å²) >= 11 is 0. The van der Waals surface area contributed by atoms with Crippen LogP contribution < -0.4 is 20.1 Å². The Morgan fingerprint density at radius 2 is 1.70 bits per heavy atom. The maximum Gasteiger partial charge on any atom is 0.319 e. The Bertz CT molecular complexity index is 1200. The van der Waals surface area contributed by atoms with Crippen LogP contribution in [0.2, 0.25) is 0 Å². The van der Waals surface area contributed by atoms with E-state index in [0.717, 1.165) is 11.3 Å². The van der Waals surface area contributed by atoms with Gasteiger partial charge in [0.1, 0.15) is 12.0 Å². The van der Waals surface area contributed by atoms with E-state index in [0.29, 0.717) is 41.8 Å². The van der Waals surface area contributed by atoms with Gasteiger partial charge in [-0.2, -0.15) is 0 Å². The molecule has 0 aliphatic carbocycles. The summed E-state index contributed by atoms with van der Waals surface area (Å²) in [6.45, 7) is 2.46. The van der Waals surface area contributed by atoms with Gasteiger partial charge in [-0.1, -0.05) is 29.8 Å². The molecule has 0 spiro atoms. The van der Waals surface area contributed by atoms with Gasteiger partial charge in [-0.15, -0.1) is 0 Å². The van der Waals surface area contributed by atoms with E-state index in [1.807, 2.05) is 55.5 Å². The van der Waals surface area contributed by atoms with Gasteiger partial charge in [0.2, 0.25) is 5.89 Å². The van der Waals surface area contributed by atoms with Gasteiger partial charge in [0.05, 0.1) is 12.8 Å². The average Bonchev–Trinajstić information content (AvgIpc) is 3.30. The minimum Gasteiger partial charge on any atom is -0.493 e. The summed E-state index contributed by atoms with van der Waals surface area (Å²) in [6, 6.07) is 22.2. The Morgan fingerprint density at radius 1 is 0.970 bits per heavy atom. The molecule has 2 amide bonds. The summed E-state index contributed by atoms with van der Waals surface area (Å²) in [5.41, 5.74) is 3.54. The summed E-state index contributed by atoms with van der Waals surface area (Å²) < 4.78 is 16.7. The lowest BCUT2D eigenvalue weighted by molar-refractivity contribution is 0.252. The lowest BCUT2D eigenvalue weighted by Crippen LogP contribution is -2.30. The van der Waals surface area contributed by atoms with Crippen molar-refractivity contribution in [2.75, 3.05) is 19.0 Å². The fourth-order valence-corrected chi connectivity index (χ4v) is 3.17. The summed E-state index contributed by atoms with van der Waals surface area (Å²) in [7, 11) is 1.60. The summed E-state index contributed by atoms with van der Waals surface area (Å²) in [5.74, 6) is 2.49. The highest BCUT2D eigenvalue weighted by molar-refractivity contribution is 5.89. The van der Waals surface area contributed by atoms with E-state index in [1.165, 1.54) is 5.56 Å². The van der Waals surface area contributed by atoms with Crippen LogP contribution in [0.3, 0.4) is 0 Å². The highest BCUT2D eigenvalue weighted by atomic mass is 16.5. The Morgan fingerprint density at radius 3 is 2.42 bits per heavy atom. The standard InChI is InChI=1S/C26H25N3O4/c1-18-7-9-19(10-8-18)25-28-21(17-32-25)15-16-27-26(30)29-20-11-13-22(14-12-20)33-24-6-4-3-5-23(24)31-2/h3-14,17H,15-16H2,1-2H3,(H2,27,29,30). The third-order valence-electron chi connectivity index (χ3n) is 4.93. The van der Waals surface area contributed by atoms with Gasteiger partial charge in [-0.3, -0.25) is 0 Å². The SMILES string of the molecule is COc1ccccc1Oc1ccc(NC(=O)NCCc2coc(-c3ccc(C)cc3)n2)cc1. The van der Waals surface area contributed by atoms with Crippen molar-refractivity contribution >= 4 is 11.7 Å². The first-order chi connectivity index (χ1) is 16.1. The molecule has 0 atom stereocenters. The Kier molecular flexibility index (Phi) is 6.90. The smallest absolute Gasteiger partial charge is 0.319 e. The van der Waals surface area contributed by atoms with Crippen molar-refractivity contribution < 1.29 is 18.7 Å². The van der Waals surface area contributed by atoms with Crippen LogP contribution in [-0.4, -0.2) is 24.7 Å². The molecule has 3 aromatic carbocycles. The van der Waals surface area contributed by atoms with Gasteiger partial charge in [0, 0.05) is 24.2 Å². The number of carbonyl (C=O) groups excluding carboxylic acids is 1. The number of hydrogen-bond acceptors (Lipinski definition) is 5. The van der Waals surface area contributed by atoms with E-state index in [9.17, 15) is 4.79 Å². The molecule has 0 bridgehead atoms. The molecule has 7 nitrogen and oxygen atoms in total. The molecule has 2 N–H and O–H groups in total. The normalized spacial score (nSPS) is 10.5. The minimum atomic E-state index is -0.296. The monoisotopic (exact) mass is 443 g/mol. The zero-order valence-electron chi connectivity index (χ0n) is 18.5. The van der Waals surface area contributed by atoms with Crippen LogP contribution >= 0.6 is 0 Å². The second-order valence-corrected chi connectivity index (χ2v) is 7.42. The Labute approximate surface area is 192 Å². The number of rotatable bonds is 8. The minimum absolute atomic E-state index is 0.296. The van der Waals surface area contributed by atoms with E-state index in [2.05, 4.69) is 15.6 Å². The van der Waals surface area contributed by atoms with Crippen LogP contribution in [0.4, 0.5) is 10.5 Å². The number of hydrogen-bond donors (Lipinski definition) is 2. The molecule has 0 fully saturated rings. The second kappa shape index (κ2) is 10.4. The number of aryl methyl sites for hydroxylation is 1. The first-order valence-electron chi connectivity index (χ1n) is 10.6. The van der Waals surface area contributed by atoms with Crippen molar-refractivity contribution in [3.05, 3.63) is 90.3 Å². The van der Waals surface area contributed by atoms with Crippen molar-refractivity contribution in [2.24, 2.45) is 0 Å². The fraction of sp³-hybridized carbons (Fsp3) is 0.154. The molecule has 1 heterocycles. The van der Waals surface area contributed by atoms with Crippen LogP contribution in [0.1, 0.15) is 11.3 Å². The topological polar surface area (TPSA) is 85.6 Å². The molecule has 4 aromatic rings. The Hall–Kier alpha value is -4.26. The van der Waals surface area contributed by atoms with E-state index in [1.54, 1.807) is 37.6 Å². The number of ether oxygens (including phenoxy) is 2. The van der Waals surface area contributed by atoms with E-state index < -0.39 is 0 Å². The van der Waals surface area contributed by atoms with Gasteiger partial charge in [-0.05, 0) is 55.5 Å². The molecule has 0 saturated heterocycles. The zero-order chi connectivity index (χ0) is 23.0. The van der Waals surface area contributed by atoms with Gasteiger partial charge in [-0.25, -0.2) is 9.78 Å². The Balaban J connectivity index is 1.24. The third-order valence-corrected chi connectivity index (χ3v) is 4.93. The molecule has 0 unspecified atom stereocenters. The quantitative estimate of drug-likeness (QED) is 0.359. The second-order valence-electron chi connectivity index (χ2n) is 7.42. The average molecular weight is 444 g/mol. The number of carbonyl (C=O) groups is 1. The first kappa shape index (κ1) is 22.0. The molecular weight excluding hydrogens is 418 g/mol. The van der Waals surface area contributed by atoms with Crippen LogP contribution in [-0.2, 0) is 6.42 Å². The van der Waals surface area contributed by atoms with E-state index in [-0.39, 0.29) is 6.03 Å². The number of urea groups is 1. The number of benzene rings is 3. The number of methoxy groups -OCH3 is 1.